The van der Waals surface area contributed by atoms with Crippen molar-refractivity contribution in [1.29, 1.82) is 0 Å². The Hall–Kier alpha value is -2.06. The predicted molar refractivity (Wildman–Crippen MR) is 107 cm³/mol. The van der Waals surface area contributed by atoms with E-state index in [0.29, 0.717) is 30.3 Å². The van der Waals surface area contributed by atoms with Crippen molar-refractivity contribution in [2.24, 2.45) is 5.73 Å². The summed E-state index contributed by atoms with van der Waals surface area (Å²) in [5.74, 6) is 1.66. The fraction of sp³-hybridized carbons (Fsp3) is 0.333. The molecule has 0 saturated carbocycles. The van der Waals surface area contributed by atoms with Gasteiger partial charge in [0.1, 0.15) is 17.6 Å². The highest BCUT2D eigenvalue weighted by Crippen LogP contribution is 2.24. The van der Waals surface area contributed by atoms with Gasteiger partial charge in [-0.15, -0.1) is 24.8 Å². The van der Waals surface area contributed by atoms with Crippen molar-refractivity contribution in [2.45, 2.75) is 25.0 Å². The van der Waals surface area contributed by atoms with E-state index in [2.05, 4.69) is 10.3 Å². The third-order valence-electron chi connectivity index (χ3n) is 3.95. The summed E-state index contributed by atoms with van der Waals surface area (Å²) in [6.45, 7) is 0.433. The zero-order valence-corrected chi connectivity index (χ0v) is 16.4. The maximum Gasteiger partial charge on any atom is 0.253 e. The molecule has 2 heterocycles. The third-order valence-corrected chi connectivity index (χ3v) is 3.95. The number of halogens is 2. The molecule has 1 aliphatic heterocycles. The molecule has 27 heavy (non-hydrogen) atoms. The molecule has 3 rings (SSSR count). The van der Waals surface area contributed by atoms with E-state index in [1.165, 1.54) is 0 Å². The lowest BCUT2D eigenvalue weighted by atomic mass is 10.2. The monoisotopic (exact) mass is 415 g/mol. The number of hydrogen-bond acceptors (Lipinski definition) is 6. The van der Waals surface area contributed by atoms with Crippen LogP contribution >= 0.6 is 24.8 Å². The van der Waals surface area contributed by atoms with Crippen molar-refractivity contribution in [2.75, 3.05) is 19.0 Å². The molecule has 3 N–H and O–H groups in total. The van der Waals surface area contributed by atoms with Crippen molar-refractivity contribution < 1.29 is 19.0 Å². The van der Waals surface area contributed by atoms with Gasteiger partial charge < -0.3 is 25.3 Å². The highest BCUT2D eigenvalue weighted by molar-refractivity contribution is 5.94. The lowest BCUT2D eigenvalue weighted by molar-refractivity contribution is -0.126. The van der Waals surface area contributed by atoms with Gasteiger partial charge in [0, 0.05) is 12.6 Å². The van der Waals surface area contributed by atoms with Gasteiger partial charge in [-0.05, 0) is 43.2 Å². The number of methoxy groups -OCH3 is 1. The van der Waals surface area contributed by atoms with Crippen LogP contribution in [0, 0.1) is 0 Å². The number of nitrogens with zero attached hydrogens (tertiary/aromatic N) is 1. The highest BCUT2D eigenvalue weighted by Gasteiger charge is 2.29. The van der Waals surface area contributed by atoms with Gasteiger partial charge in [-0.1, -0.05) is 0 Å². The quantitative estimate of drug-likeness (QED) is 0.751. The molecule has 7 nitrogen and oxygen atoms in total. The van der Waals surface area contributed by atoms with Crippen LogP contribution in [0.5, 0.6) is 17.4 Å². The van der Waals surface area contributed by atoms with Gasteiger partial charge in [0.2, 0.25) is 5.88 Å². The Morgan fingerprint density at radius 1 is 1.19 bits per heavy atom. The number of hydrogen-bond donors (Lipinski definition) is 2. The topological polar surface area (TPSA) is 95.7 Å². The van der Waals surface area contributed by atoms with Crippen molar-refractivity contribution >= 4 is 36.4 Å². The Labute approximate surface area is 170 Å². The smallest absolute Gasteiger partial charge is 0.253 e. The second kappa shape index (κ2) is 10.9. The van der Waals surface area contributed by atoms with Crippen LogP contribution in [0.15, 0.2) is 42.6 Å². The van der Waals surface area contributed by atoms with Crippen LogP contribution in [0.1, 0.15) is 12.8 Å². The van der Waals surface area contributed by atoms with Gasteiger partial charge in [-0.2, -0.15) is 0 Å². The van der Waals surface area contributed by atoms with E-state index in [0.717, 1.165) is 12.2 Å². The molecule has 1 aliphatic rings. The molecule has 1 fully saturated rings. The highest BCUT2D eigenvalue weighted by atomic mass is 35.5. The van der Waals surface area contributed by atoms with E-state index in [9.17, 15) is 4.79 Å². The number of aromatic nitrogens is 1. The molecule has 2 atom stereocenters. The standard InChI is InChI=1S/C18H21N3O4.2ClH/c1-23-13-3-5-14(6-4-13)25-17-9-2-12(11-20-17)21-18(22)16-8-7-15(10-19)24-16;;/h2-6,9,11,15-16H,7-8,10,19H2,1H3,(H,21,22);2*1H/t15-,16+;;/m1../s1. The van der Waals surface area contributed by atoms with Crippen molar-refractivity contribution in [3.8, 4) is 17.4 Å². The van der Waals surface area contributed by atoms with E-state index in [1.807, 2.05) is 0 Å². The Morgan fingerprint density at radius 3 is 2.44 bits per heavy atom. The number of pyridine rings is 1. The molecular weight excluding hydrogens is 393 g/mol. The third kappa shape index (κ3) is 6.25. The van der Waals surface area contributed by atoms with Crippen LogP contribution < -0.4 is 20.5 Å². The summed E-state index contributed by atoms with van der Waals surface area (Å²) in [5.41, 5.74) is 6.15. The number of nitrogens with one attached hydrogen (secondary N) is 1. The summed E-state index contributed by atoms with van der Waals surface area (Å²) in [6.07, 6.45) is 2.55. The maximum atomic E-state index is 12.2. The first-order valence-corrected chi connectivity index (χ1v) is 8.12. The van der Waals surface area contributed by atoms with Crippen molar-refractivity contribution in [3.63, 3.8) is 0 Å². The van der Waals surface area contributed by atoms with Gasteiger partial charge >= 0.3 is 0 Å². The molecule has 0 radical (unpaired) electrons. The van der Waals surface area contributed by atoms with Gasteiger partial charge in [-0.3, -0.25) is 4.79 Å². The zero-order valence-electron chi connectivity index (χ0n) is 14.8. The number of carbonyl (C=O) groups is 1. The molecule has 2 aromatic rings. The molecule has 0 unspecified atom stereocenters. The number of ether oxygens (including phenoxy) is 3. The van der Waals surface area contributed by atoms with E-state index in [4.69, 9.17) is 19.9 Å². The Kier molecular flexibility index (Phi) is 9.31. The molecule has 1 aromatic carbocycles. The molecule has 0 bridgehead atoms. The Bertz CT molecular complexity index is 714. The number of amides is 1. The summed E-state index contributed by atoms with van der Waals surface area (Å²) in [6, 6.07) is 10.6. The average Bonchev–Trinajstić information content (AvgIpc) is 3.13. The van der Waals surface area contributed by atoms with Crippen LogP contribution in [0.25, 0.3) is 0 Å². The van der Waals surface area contributed by atoms with Gasteiger partial charge in [0.05, 0.1) is 25.1 Å². The first-order valence-electron chi connectivity index (χ1n) is 8.12. The van der Waals surface area contributed by atoms with E-state index < -0.39 is 6.10 Å². The van der Waals surface area contributed by atoms with Crippen LogP contribution in [0.2, 0.25) is 0 Å². The number of carbonyl (C=O) groups excluding carboxylic acids is 1. The number of rotatable bonds is 6. The fourth-order valence-corrected chi connectivity index (χ4v) is 2.57. The van der Waals surface area contributed by atoms with Crippen LogP contribution in [0.4, 0.5) is 5.69 Å². The summed E-state index contributed by atoms with van der Waals surface area (Å²) >= 11 is 0. The largest absolute Gasteiger partial charge is 0.497 e. The first kappa shape index (κ1) is 23.0. The second-order valence-corrected chi connectivity index (χ2v) is 5.71. The molecule has 1 aromatic heterocycles. The fourth-order valence-electron chi connectivity index (χ4n) is 2.57. The number of nitrogens with two attached hydrogens (primary N) is 1. The van der Waals surface area contributed by atoms with E-state index in [1.54, 1.807) is 49.7 Å². The van der Waals surface area contributed by atoms with Crippen molar-refractivity contribution in [1.82, 2.24) is 4.98 Å². The first-order chi connectivity index (χ1) is 12.2. The summed E-state index contributed by atoms with van der Waals surface area (Å²) < 4.78 is 16.3. The van der Waals surface area contributed by atoms with E-state index in [-0.39, 0.29) is 36.8 Å². The van der Waals surface area contributed by atoms with E-state index >= 15 is 0 Å². The summed E-state index contributed by atoms with van der Waals surface area (Å²) in [4.78, 5) is 16.4. The SMILES string of the molecule is COc1ccc(Oc2ccc(NC(=O)[C@@H]3CC[C@H](CN)O3)cn2)cc1.Cl.Cl. The Balaban J connectivity index is 0.00000182. The molecule has 148 valence electrons. The van der Waals surface area contributed by atoms with Crippen molar-refractivity contribution in [3.05, 3.63) is 42.6 Å². The minimum Gasteiger partial charge on any atom is -0.497 e. The lowest BCUT2D eigenvalue weighted by Crippen LogP contribution is -2.29. The van der Waals surface area contributed by atoms with Gasteiger partial charge in [0.25, 0.3) is 5.91 Å². The minimum absolute atomic E-state index is 0. The lowest BCUT2D eigenvalue weighted by Gasteiger charge is -2.12. The van der Waals surface area contributed by atoms with Crippen LogP contribution in [-0.2, 0) is 9.53 Å². The molecule has 9 heteroatoms. The molecule has 0 spiro atoms. The van der Waals surface area contributed by atoms with Gasteiger partial charge in [-0.25, -0.2) is 4.98 Å². The van der Waals surface area contributed by atoms with Crippen LogP contribution in [-0.4, -0.2) is 36.8 Å². The molecule has 1 saturated heterocycles. The Morgan fingerprint density at radius 2 is 1.89 bits per heavy atom. The second-order valence-electron chi connectivity index (χ2n) is 5.71. The molecule has 0 aliphatic carbocycles. The maximum absolute atomic E-state index is 12.2. The molecule has 1 amide bonds. The molecular formula is C18H23Cl2N3O4. The average molecular weight is 416 g/mol. The number of anilines is 1. The van der Waals surface area contributed by atoms with Crippen LogP contribution in [0.3, 0.4) is 0 Å². The van der Waals surface area contributed by atoms with Gasteiger partial charge in [0.15, 0.2) is 0 Å². The predicted octanol–water partition coefficient (Wildman–Crippen LogP) is 3.17. The number of benzene rings is 1. The normalized spacial score (nSPS) is 18.0. The summed E-state index contributed by atoms with van der Waals surface area (Å²) in [7, 11) is 1.61. The minimum atomic E-state index is -0.455. The summed E-state index contributed by atoms with van der Waals surface area (Å²) in [5, 5.41) is 2.80. The zero-order chi connectivity index (χ0) is 17.6.